The van der Waals surface area contributed by atoms with Gasteiger partial charge in [0.25, 0.3) is 0 Å². The molecule has 2 aliphatic rings. The van der Waals surface area contributed by atoms with Crippen molar-refractivity contribution in [2.45, 2.75) is 42.8 Å². The molecule has 0 fully saturated rings. The minimum atomic E-state index is -1.20. The van der Waals surface area contributed by atoms with Gasteiger partial charge in [-0.3, -0.25) is 4.21 Å². The Labute approximate surface area is 137 Å². The summed E-state index contributed by atoms with van der Waals surface area (Å²) in [7, 11) is -1.20. The van der Waals surface area contributed by atoms with Gasteiger partial charge in [0.15, 0.2) is 0 Å². The van der Waals surface area contributed by atoms with E-state index in [2.05, 4.69) is 0 Å². The van der Waals surface area contributed by atoms with Crippen LogP contribution in [-0.4, -0.2) is 15.1 Å². The Hall–Kier alpha value is -1.13. The highest BCUT2D eigenvalue weighted by molar-refractivity contribution is 7.86. The lowest BCUT2D eigenvalue weighted by atomic mass is 10.0. The molecule has 22 heavy (non-hydrogen) atoms. The minimum absolute atomic E-state index is 0.0396. The maximum absolute atomic E-state index is 13.6. The third kappa shape index (κ3) is 2.86. The van der Waals surface area contributed by atoms with Crippen molar-refractivity contribution in [2.24, 2.45) is 0 Å². The Balaban J connectivity index is 1.97. The van der Waals surface area contributed by atoms with Gasteiger partial charge in [-0.25, -0.2) is 4.39 Å². The summed E-state index contributed by atoms with van der Waals surface area (Å²) < 4.78 is 32.1. The molecule has 0 aromatic heterocycles. The van der Waals surface area contributed by atoms with E-state index in [1.54, 1.807) is 12.1 Å². The molecule has 118 valence electrons. The lowest BCUT2D eigenvalue weighted by Gasteiger charge is -2.36. The van der Waals surface area contributed by atoms with Crippen LogP contribution in [0.4, 0.5) is 4.39 Å². The molecule has 0 radical (unpaired) electrons. The largest absolute Gasteiger partial charge is 0.490 e. The number of hydrogen-bond donors (Lipinski definition) is 0. The summed E-state index contributed by atoms with van der Waals surface area (Å²) in [6.07, 6.45) is 6.77. The Bertz CT molecular complexity index is 685. The lowest BCUT2D eigenvalue weighted by molar-refractivity contribution is 0.189. The van der Waals surface area contributed by atoms with E-state index < -0.39 is 15.5 Å². The van der Waals surface area contributed by atoms with Gasteiger partial charge < -0.3 is 4.74 Å². The van der Waals surface area contributed by atoms with Gasteiger partial charge in [0.05, 0.1) is 16.1 Å². The van der Waals surface area contributed by atoms with E-state index in [-0.39, 0.29) is 17.2 Å². The van der Waals surface area contributed by atoms with Crippen LogP contribution >= 0.6 is 11.6 Å². The number of ether oxygens (including phenoxy) is 1. The van der Waals surface area contributed by atoms with Gasteiger partial charge in [0, 0.05) is 27.8 Å². The van der Waals surface area contributed by atoms with E-state index in [0.29, 0.717) is 29.2 Å². The number of hydrogen-bond acceptors (Lipinski definition) is 2. The molecule has 0 spiro atoms. The normalized spacial score (nSPS) is 31.9. The molecule has 1 aliphatic heterocycles. The van der Waals surface area contributed by atoms with E-state index in [9.17, 15) is 8.60 Å². The van der Waals surface area contributed by atoms with Crippen LogP contribution in [0.5, 0.6) is 5.75 Å². The van der Waals surface area contributed by atoms with Gasteiger partial charge in [-0.2, -0.15) is 0 Å². The van der Waals surface area contributed by atoms with Gasteiger partial charge in [-0.1, -0.05) is 23.8 Å². The van der Waals surface area contributed by atoms with Crippen molar-refractivity contribution in [3.8, 4) is 5.75 Å². The average molecular weight is 341 g/mol. The maximum Gasteiger partial charge on any atom is 0.124 e. The molecular weight excluding hydrogens is 323 g/mol. The van der Waals surface area contributed by atoms with Crippen LogP contribution in [0.15, 0.2) is 41.5 Å². The topological polar surface area (TPSA) is 26.3 Å². The second-order valence-electron chi connectivity index (χ2n) is 6.07. The molecule has 4 atom stereocenters. The Morgan fingerprint density at radius 3 is 2.91 bits per heavy atom. The van der Waals surface area contributed by atoms with E-state index in [4.69, 9.17) is 16.3 Å². The maximum atomic E-state index is 13.6. The first-order valence-corrected chi connectivity index (χ1v) is 8.90. The molecule has 0 saturated heterocycles. The fourth-order valence-electron chi connectivity index (χ4n) is 2.94. The smallest absolute Gasteiger partial charge is 0.124 e. The summed E-state index contributed by atoms with van der Waals surface area (Å²) in [5.41, 5.74) is 0.701. The van der Waals surface area contributed by atoms with Gasteiger partial charge >= 0.3 is 0 Å². The van der Waals surface area contributed by atoms with Crippen molar-refractivity contribution in [1.29, 1.82) is 0 Å². The molecular formula is C17H18ClFO2S. The Morgan fingerprint density at radius 1 is 1.45 bits per heavy atom. The van der Waals surface area contributed by atoms with Crippen LogP contribution in [0.3, 0.4) is 0 Å². The number of allylic oxidation sites excluding steroid dienone is 3. The zero-order valence-electron chi connectivity index (χ0n) is 12.5. The fraction of sp³-hybridized carbons (Fsp3) is 0.412. The third-order valence-electron chi connectivity index (χ3n) is 4.21. The molecule has 0 bridgehead atoms. The highest BCUT2D eigenvalue weighted by atomic mass is 35.5. The van der Waals surface area contributed by atoms with Crippen LogP contribution < -0.4 is 4.74 Å². The molecule has 4 unspecified atom stereocenters. The standard InChI is InChI=1S/C17H18ClFO2S/c1-11-9-16(14-10-13(19)3-4-15(14)21-11)22(20)17(2)7-5-12(18)6-8-17/h3-7,10-11,16H,8-9H2,1-2H3. The number of rotatable bonds is 2. The van der Waals surface area contributed by atoms with Gasteiger partial charge in [-0.15, -0.1) is 0 Å². The molecule has 2 nitrogen and oxygen atoms in total. The van der Waals surface area contributed by atoms with Gasteiger partial charge in [0.2, 0.25) is 0 Å². The Kier molecular flexibility index (Phi) is 4.17. The zero-order valence-corrected chi connectivity index (χ0v) is 14.1. The molecule has 0 saturated carbocycles. The monoisotopic (exact) mass is 340 g/mol. The number of halogens is 2. The SMILES string of the molecule is CC1CC(S(=O)C2(C)C=CC(Cl)=CC2)c2cc(F)ccc2O1. The molecule has 1 heterocycles. The van der Waals surface area contributed by atoms with Crippen LogP contribution in [0.1, 0.15) is 37.5 Å². The number of benzene rings is 1. The molecule has 0 N–H and O–H groups in total. The third-order valence-corrected chi connectivity index (χ3v) is 6.67. The predicted octanol–water partition coefficient (Wildman–Crippen LogP) is 4.63. The van der Waals surface area contributed by atoms with Crippen molar-refractivity contribution in [1.82, 2.24) is 0 Å². The first kappa shape index (κ1) is 15.8. The summed E-state index contributed by atoms with van der Waals surface area (Å²) in [4.78, 5) is 0. The molecule has 1 aromatic carbocycles. The summed E-state index contributed by atoms with van der Waals surface area (Å²) in [5, 5.41) is 0.427. The average Bonchev–Trinajstić information content (AvgIpc) is 2.49. The molecule has 3 rings (SSSR count). The summed E-state index contributed by atoms with van der Waals surface area (Å²) >= 11 is 5.97. The summed E-state index contributed by atoms with van der Waals surface area (Å²) in [6.45, 7) is 3.91. The van der Waals surface area contributed by atoms with E-state index in [0.717, 1.165) is 0 Å². The molecule has 1 aromatic rings. The zero-order chi connectivity index (χ0) is 15.9. The quantitative estimate of drug-likeness (QED) is 0.784. The lowest BCUT2D eigenvalue weighted by Crippen LogP contribution is -2.36. The van der Waals surface area contributed by atoms with Crippen LogP contribution in [0.2, 0.25) is 0 Å². The minimum Gasteiger partial charge on any atom is -0.490 e. The predicted molar refractivity (Wildman–Crippen MR) is 88.1 cm³/mol. The highest BCUT2D eigenvalue weighted by Gasteiger charge is 2.39. The van der Waals surface area contributed by atoms with Crippen molar-refractivity contribution in [3.63, 3.8) is 0 Å². The van der Waals surface area contributed by atoms with E-state index in [1.807, 2.05) is 26.0 Å². The van der Waals surface area contributed by atoms with Crippen LogP contribution in [0, 0.1) is 5.82 Å². The van der Waals surface area contributed by atoms with E-state index in [1.165, 1.54) is 12.1 Å². The number of fused-ring (bicyclic) bond motifs is 1. The van der Waals surface area contributed by atoms with Crippen molar-refractivity contribution in [2.75, 3.05) is 0 Å². The van der Waals surface area contributed by atoms with Crippen molar-refractivity contribution in [3.05, 3.63) is 52.8 Å². The molecule has 1 aliphatic carbocycles. The second-order valence-corrected chi connectivity index (χ2v) is 8.60. The summed E-state index contributed by atoms with van der Waals surface area (Å²) in [6, 6.07) is 4.45. The van der Waals surface area contributed by atoms with Gasteiger partial charge in [0.1, 0.15) is 11.6 Å². The molecule has 5 heteroatoms. The first-order chi connectivity index (χ1) is 10.4. The van der Waals surface area contributed by atoms with Crippen LogP contribution in [-0.2, 0) is 10.8 Å². The fourth-order valence-corrected chi connectivity index (χ4v) is 5.04. The molecule has 0 amide bonds. The summed E-state index contributed by atoms with van der Waals surface area (Å²) in [5.74, 6) is 0.307. The first-order valence-electron chi connectivity index (χ1n) is 7.31. The van der Waals surface area contributed by atoms with Gasteiger partial charge in [-0.05, 0) is 44.5 Å². The van der Waals surface area contributed by atoms with Crippen LogP contribution in [0.25, 0.3) is 0 Å². The van der Waals surface area contributed by atoms with Crippen molar-refractivity contribution < 1.29 is 13.3 Å². The van der Waals surface area contributed by atoms with Crippen molar-refractivity contribution >= 4 is 22.4 Å². The highest BCUT2D eigenvalue weighted by Crippen LogP contribution is 2.43. The Morgan fingerprint density at radius 2 is 2.23 bits per heavy atom. The second kappa shape index (κ2) is 5.82. The van der Waals surface area contributed by atoms with E-state index >= 15 is 0 Å².